The third-order valence-electron chi connectivity index (χ3n) is 14.3. The number of nitrogens with one attached hydrogen (secondary N) is 2. The van der Waals surface area contributed by atoms with Crippen molar-refractivity contribution in [3.63, 3.8) is 0 Å². The minimum Gasteiger partial charge on any atom is -0.480 e. The van der Waals surface area contributed by atoms with Crippen LogP contribution in [0.1, 0.15) is 100 Å². The molecule has 2 aromatic carbocycles. The fourth-order valence-corrected chi connectivity index (χ4v) is 10.0. The van der Waals surface area contributed by atoms with Crippen LogP contribution in [0.5, 0.6) is 0 Å². The van der Waals surface area contributed by atoms with Crippen molar-refractivity contribution >= 4 is 41.4 Å². The van der Waals surface area contributed by atoms with Crippen molar-refractivity contribution in [1.29, 1.82) is 0 Å². The van der Waals surface area contributed by atoms with Crippen LogP contribution in [0.4, 0.5) is 0 Å². The van der Waals surface area contributed by atoms with Gasteiger partial charge in [-0.3, -0.25) is 38.5 Å². The lowest BCUT2D eigenvalue weighted by Gasteiger charge is -2.41. The van der Waals surface area contributed by atoms with E-state index in [1.807, 2.05) is 71.7 Å². The molecule has 20 heteroatoms. The van der Waals surface area contributed by atoms with E-state index >= 15 is 0 Å². The molecule has 9 atom stereocenters. The van der Waals surface area contributed by atoms with Crippen molar-refractivity contribution in [2.24, 2.45) is 23.7 Å². The van der Waals surface area contributed by atoms with Gasteiger partial charge >= 0.3 is 5.97 Å². The minimum absolute atomic E-state index is 0.0154. The molecule has 0 spiro atoms. The van der Waals surface area contributed by atoms with Gasteiger partial charge in [-0.15, -0.1) is 5.06 Å². The molecular weight excluding hydrogens is 969 g/mol. The average molecular weight is 1050 g/mol. The molecule has 4 rings (SSSR count). The maximum absolute atomic E-state index is 14.6. The van der Waals surface area contributed by atoms with Gasteiger partial charge in [-0.1, -0.05) is 97.4 Å². The van der Waals surface area contributed by atoms with Gasteiger partial charge in [0, 0.05) is 40.8 Å². The van der Waals surface area contributed by atoms with Gasteiger partial charge in [-0.25, -0.2) is 4.79 Å². The van der Waals surface area contributed by atoms with E-state index in [0.29, 0.717) is 69.9 Å². The van der Waals surface area contributed by atoms with Crippen molar-refractivity contribution < 1.29 is 67.2 Å². The van der Waals surface area contributed by atoms with Crippen molar-refractivity contribution in [3.8, 4) is 0 Å². The Labute approximate surface area is 443 Å². The van der Waals surface area contributed by atoms with Gasteiger partial charge < -0.3 is 49.2 Å². The molecule has 0 aliphatic carbocycles. The Kier molecular flexibility index (Phi) is 25.7. The monoisotopic (exact) mass is 1050 g/mol. The van der Waals surface area contributed by atoms with Gasteiger partial charge in [0.2, 0.25) is 23.6 Å². The number of aliphatic carboxylic acids is 1. The highest BCUT2D eigenvalue weighted by Gasteiger charge is 2.44. The van der Waals surface area contributed by atoms with E-state index < -0.39 is 72.0 Å². The number of hydrogen-bond donors (Lipinski definition) is 3. The number of benzene rings is 2. The summed E-state index contributed by atoms with van der Waals surface area (Å²) in [6, 6.07) is 12.0. The summed E-state index contributed by atoms with van der Waals surface area (Å²) in [5, 5.41) is 16.5. The van der Waals surface area contributed by atoms with Crippen LogP contribution >= 0.6 is 0 Å². The number of nitrogens with zero attached hydrogens (tertiary/aromatic N) is 4. The zero-order valence-electron chi connectivity index (χ0n) is 46.0. The Morgan fingerprint density at radius 3 is 1.85 bits per heavy atom. The fourth-order valence-electron chi connectivity index (χ4n) is 10.0. The van der Waals surface area contributed by atoms with E-state index in [1.54, 1.807) is 60.2 Å². The summed E-state index contributed by atoms with van der Waals surface area (Å²) in [6.07, 6.45) is 0.531. The van der Waals surface area contributed by atoms with Crippen LogP contribution in [0.15, 0.2) is 54.6 Å². The van der Waals surface area contributed by atoms with Gasteiger partial charge in [0.25, 0.3) is 11.8 Å². The Hall–Kier alpha value is -5.35. The van der Waals surface area contributed by atoms with E-state index in [9.17, 15) is 38.7 Å². The summed E-state index contributed by atoms with van der Waals surface area (Å²) in [7, 11) is 6.54. The van der Waals surface area contributed by atoms with Crippen LogP contribution in [-0.2, 0) is 58.9 Å². The predicted octanol–water partition coefficient (Wildman–Crippen LogP) is 4.09. The Morgan fingerprint density at radius 2 is 1.32 bits per heavy atom. The van der Waals surface area contributed by atoms with Crippen molar-refractivity contribution in [2.75, 3.05) is 87.7 Å². The van der Waals surface area contributed by atoms with Crippen LogP contribution < -0.4 is 10.6 Å². The van der Waals surface area contributed by atoms with Gasteiger partial charge in [-0.05, 0) is 55.3 Å². The lowest BCUT2D eigenvalue weighted by Crippen LogP contribution is -2.60. The standard InChI is InChI=1S/C55H84N6O14/c1-12-37(6)48(44(70-10)34-45(62)60-24-18-23-43(60)49(71-11)38(7)50(63)56-42(55(68)69)33-39-19-14-13-15-20-39)59(9)54(67)46(35(2)3)57-51(64)47(36(4)5)58(8)25-26-72-27-28-73-29-30-74-31-32-75-61-52(65)40-21-16-17-22-41(40)53(61)66/h13-17,19-22,35-38,42-44,46-49H,12,18,23-34H2,1-11H3,(H,56,63)(H,57,64)(H,68,69)/t37-,38+,42-,43-,44+,46-,47-,48?,49+/m0/s1. The number of carbonyl (C=O) groups excluding carboxylic acids is 6. The van der Waals surface area contributed by atoms with E-state index in [4.69, 9.17) is 28.5 Å². The molecule has 2 aliphatic rings. The molecule has 0 saturated carbocycles. The highest BCUT2D eigenvalue weighted by Crippen LogP contribution is 2.30. The smallest absolute Gasteiger partial charge is 0.326 e. The second-order valence-corrected chi connectivity index (χ2v) is 20.2. The molecule has 20 nitrogen and oxygen atoms in total. The van der Waals surface area contributed by atoms with Crippen LogP contribution in [-0.4, -0.2) is 196 Å². The zero-order chi connectivity index (χ0) is 55.4. The number of imide groups is 1. The van der Waals surface area contributed by atoms with Gasteiger partial charge in [0.15, 0.2) is 0 Å². The maximum atomic E-state index is 14.6. The number of rotatable bonds is 34. The van der Waals surface area contributed by atoms with Crippen LogP contribution in [0, 0.1) is 23.7 Å². The van der Waals surface area contributed by atoms with Crippen LogP contribution in [0.3, 0.4) is 0 Å². The summed E-state index contributed by atoms with van der Waals surface area (Å²) >= 11 is 0. The molecule has 1 fully saturated rings. The zero-order valence-corrected chi connectivity index (χ0v) is 46.0. The summed E-state index contributed by atoms with van der Waals surface area (Å²) in [5.74, 6) is -4.76. The summed E-state index contributed by atoms with van der Waals surface area (Å²) < 4.78 is 28.9. The molecule has 0 aromatic heterocycles. The molecule has 6 amide bonds. The number of methoxy groups -OCH3 is 2. The molecular formula is C55H84N6O14. The van der Waals surface area contributed by atoms with Crippen molar-refractivity contribution in [3.05, 3.63) is 71.3 Å². The Bertz CT molecular complexity index is 2130. The number of carboxylic acids is 1. The highest BCUT2D eigenvalue weighted by molar-refractivity contribution is 6.20. The lowest BCUT2D eigenvalue weighted by molar-refractivity contribution is -0.148. The Balaban J connectivity index is 1.26. The van der Waals surface area contributed by atoms with Crippen LogP contribution in [0.25, 0.3) is 0 Å². The minimum atomic E-state index is -1.16. The summed E-state index contributed by atoms with van der Waals surface area (Å²) in [4.78, 5) is 104. The molecule has 418 valence electrons. The summed E-state index contributed by atoms with van der Waals surface area (Å²) in [5.41, 5.74) is 1.38. The van der Waals surface area contributed by atoms with Gasteiger partial charge in [0.05, 0.1) is 100 Å². The quantitative estimate of drug-likeness (QED) is 0.0662. The number of hydrogen-bond acceptors (Lipinski definition) is 14. The first-order valence-electron chi connectivity index (χ1n) is 26.3. The molecule has 1 saturated heterocycles. The first-order valence-corrected chi connectivity index (χ1v) is 26.3. The third kappa shape index (κ3) is 17.3. The number of ether oxygens (including phenoxy) is 5. The lowest BCUT2D eigenvalue weighted by atomic mass is 9.89. The van der Waals surface area contributed by atoms with Crippen molar-refractivity contribution in [2.45, 2.75) is 123 Å². The highest BCUT2D eigenvalue weighted by atomic mass is 16.7. The van der Waals surface area contributed by atoms with E-state index in [0.717, 1.165) is 10.6 Å². The van der Waals surface area contributed by atoms with Gasteiger partial charge in [0.1, 0.15) is 12.1 Å². The number of fused-ring (bicyclic) bond motifs is 1. The Morgan fingerprint density at radius 1 is 0.747 bits per heavy atom. The molecule has 2 aliphatic heterocycles. The van der Waals surface area contributed by atoms with E-state index in [-0.39, 0.29) is 68.1 Å². The average Bonchev–Trinajstić information content (AvgIpc) is 3.97. The second kappa shape index (κ2) is 31.0. The molecule has 3 N–H and O–H groups in total. The van der Waals surface area contributed by atoms with E-state index in [1.165, 1.54) is 14.2 Å². The molecule has 75 heavy (non-hydrogen) atoms. The number of carbonyl (C=O) groups is 7. The SMILES string of the molecule is CC[C@H](C)C([C@@H](CC(=O)N1CCC[C@H]1[C@H](OC)[C@@H](C)C(=O)N[C@@H](Cc1ccccc1)C(=O)O)OC)N(C)C(=O)[C@@H](NC(=O)[C@H](C(C)C)N(C)CCOCCOCCOCCON1C(=O)c2ccccc2C1=O)C(C)C. The number of likely N-dealkylation sites (N-methyl/N-ethyl adjacent to an activating group) is 2. The normalized spacial score (nSPS) is 17.9. The van der Waals surface area contributed by atoms with Crippen molar-refractivity contribution in [1.82, 2.24) is 30.4 Å². The number of amides is 6. The molecule has 2 heterocycles. The first kappa shape index (κ1) is 62.2. The molecule has 1 unspecified atom stereocenters. The van der Waals surface area contributed by atoms with Crippen LogP contribution in [0.2, 0.25) is 0 Å². The van der Waals surface area contributed by atoms with E-state index in [2.05, 4.69) is 10.6 Å². The molecule has 0 bridgehead atoms. The largest absolute Gasteiger partial charge is 0.480 e. The maximum Gasteiger partial charge on any atom is 0.326 e. The third-order valence-corrected chi connectivity index (χ3v) is 14.3. The molecule has 0 radical (unpaired) electrons. The molecule has 2 aromatic rings. The second-order valence-electron chi connectivity index (χ2n) is 20.2. The first-order chi connectivity index (χ1) is 35.8. The number of likely N-dealkylation sites (tertiary alicyclic amines) is 1. The topological polar surface area (TPSA) is 232 Å². The number of hydroxylamine groups is 2. The number of carboxylic acid groups (broad SMARTS) is 1. The fraction of sp³-hybridized carbons (Fsp3) is 0.655. The summed E-state index contributed by atoms with van der Waals surface area (Å²) in [6.45, 7) is 15.9. The predicted molar refractivity (Wildman–Crippen MR) is 279 cm³/mol. The van der Waals surface area contributed by atoms with Gasteiger partial charge in [-0.2, -0.15) is 0 Å².